The van der Waals surface area contributed by atoms with Gasteiger partial charge in [0.15, 0.2) is 5.78 Å². The summed E-state index contributed by atoms with van der Waals surface area (Å²) in [5, 5.41) is 0. The molecule has 1 fully saturated rings. The summed E-state index contributed by atoms with van der Waals surface area (Å²) in [7, 11) is 4.23. The first-order valence-electron chi connectivity index (χ1n) is 6.39. The topological polar surface area (TPSA) is 32.8 Å². The number of likely N-dealkylation sites (N-methyl/N-ethyl adjacent to an activating group) is 2. The lowest BCUT2D eigenvalue weighted by atomic mass is 9.98. The van der Waals surface area contributed by atoms with Gasteiger partial charge >= 0.3 is 0 Å². The molecule has 17 heavy (non-hydrogen) atoms. The van der Waals surface area contributed by atoms with Gasteiger partial charge < -0.3 is 14.5 Å². The minimum absolute atomic E-state index is 0.261. The van der Waals surface area contributed by atoms with Crippen LogP contribution in [0.3, 0.4) is 0 Å². The van der Waals surface area contributed by atoms with Crippen molar-refractivity contribution in [1.29, 1.82) is 0 Å². The highest BCUT2D eigenvalue weighted by molar-refractivity contribution is 5.95. The van der Waals surface area contributed by atoms with Crippen molar-refractivity contribution < 1.29 is 9.53 Å². The number of carbonyl (C=O) groups is 1. The molecule has 0 bridgehead atoms. The first-order valence-corrected chi connectivity index (χ1v) is 6.39. The van der Waals surface area contributed by atoms with E-state index in [-0.39, 0.29) is 5.78 Å². The summed E-state index contributed by atoms with van der Waals surface area (Å²) in [5.41, 5.74) is 0.873. The number of nitrogens with zero attached hydrogens (tertiary/aromatic N) is 2. The maximum atomic E-state index is 12.1. The summed E-state index contributed by atoms with van der Waals surface area (Å²) >= 11 is 0. The van der Waals surface area contributed by atoms with E-state index in [1.807, 2.05) is 0 Å². The minimum Gasteiger partial charge on any atom is -0.501 e. The molecule has 0 aromatic rings. The van der Waals surface area contributed by atoms with Crippen LogP contribution < -0.4 is 0 Å². The maximum absolute atomic E-state index is 12.1. The third kappa shape index (κ3) is 3.30. The van der Waals surface area contributed by atoms with E-state index in [2.05, 4.69) is 23.9 Å². The van der Waals surface area contributed by atoms with Crippen molar-refractivity contribution >= 4 is 5.78 Å². The van der Waals surface area contributed by atoms with Gasteiger partial charge in [0.05, 0.1) is 12.9 Å². The first-order chi connectivity index (χ1) is 8.16. The van der Waals surface area contributed by atoms with Crippen molar-refractivity contribution in [2.45, 2.75) is 25.3 Å². The average molecular weight is 238 g/mol. The van der Waals surface area contributed by atoms with E-state index in [1.54, 1.807) is 6.26 Å². The Bertz CT molecular complexity index is 315. The molecule has 0 amide bonds. The summed E-state index contributed by atoms with van der Waals surface area (Å²) in [5.74, 6) is 0.261. The maximum Gasteiger partial charge on any atom is 0.163 e. The van der Waals surface area contributed by atoms with Crippen LogP contribution in [0.2, 0.25) is 0 Å². The lowest BCUT2D eigenvalue weighted by molar-refractivity contribution is -0.117. The molecule has 2 aliphatic heterocycles. The summed E-state index contributed by atoms with van der Waals surface area (Å²) in [6, 6.07) is 0.351. The van der Waals surface area contributed by atoms with Crippen LogP contribution in [-0.2, 0) is 9.53 Å². The molecular formula is C13H22N2O2. The molecule has 4 nitrogen and oxygen atoms in total. The van der Waals surface area contributed by atoms with Gasteiger partial charge in [-0.05, 0) is 26.9 Å². The summed E-state index contributed by atoms with van der Waals surface area (Å²) in [6.07, 6.45) is 4.14. The van der Waals surface area contributed by atoms with Crippen molar-refractivity contribution in [2.75, 3.05) is 40.3 Å². The lowest BCUT2D eigenvalue weighted by Crippen LogP contribution is -2.50. The number of rotatable bonds is 3. The Morgan fingerprint density at radius 2 is 2.29 bits per heavy atom. The van der Waals surface area contributed by atoms with Crippen LogP contribution in [0.5, 0.6) is 0 Å². The number of piperazine rings is 1. The normalized spacial score (nSPS) is 27.4. The average Bonchev–Trinajstić information content (AvgIpc) is 2.35. The van der Waals surface area contributed by atoms with Gasteiger partial charge in [-0.3, -0.25) is 4.79 Å². The van der Waals surface area contributed by atoms with Crippen LogP contribution in [0.1, 0.15) is 19.3 Å². The zero-order valence-electron chi connectivity index (χ0n) is 10.8. The number of allylic oxidation sites excluding steroid dienone is 1. The molecule has 4 heteroatoms. The Labute approximate surface area is 103 Å². The van der Waals surface area contributed by atoms with Crippen molar-refractivity contribution in [1.82, 2.24) is 9.80 Å². The molecule has 1 unspecified atom stereocenters. The fraction of sp³-hybridized carbons (Fsp3) is 0.769. The highest BCUT2D eigenvalue weighted by Gasteiger charge is 2.26. The van der Waals surface area contributed by atoms with Crippen molar-refractivity contribution in [3.63, 3.8) is 0 Å². The van der Waals surface area contributed by atoms with Crippen LogP contribution >= 0.6 is 0 Å². The molecular weight excluding hydrogens is 216 g/mol. The van der Waals surface area contributed by atoms with Gasteiger partial charge in [0.1, 0.15) is 0 Å². The monoisotopic (exact) mass is 238 g/mol. The van der Waals surface area contributed by atoms with Crippen LogP contribution in [0, 0.1) is 0 Å². The Hall–Kier alpha value is -0.870. The third-order valence-corrected chi connectivity index (χ3v) is 3.69. The van der Waals surface area contributed by atoms with E-state index in [1.165, 1.54) is 0 Å². The van der Waals surface area contributed by atoms with Gasteiger partial charge in [-0.25, -0.2) is 0 Å². The Balaban J connectivity index is 1.90. The predicted molar refractivity (Wildman–Crippen MR) is 66.8 cm³/mol. The van der Waals surface area contributed by atoms with E-state index < -0.39 is 0 Å². The number of hydrogen-bond acceptors (Lipinski definition) is 4. The number of Topliss-reactive ketones (excluding diaryl/α,β-unsaturated/α-hetero) is 1. The zero-order chi connectivity index (χ0) is 12.3. The Morgan fingerprint density at radius 3 is 3.00 bits per heavy atom. The SMILES string of the molecule is CN1CCN(C)C(CC(=O)C2=COCCC2)C1. The molecule has 2 heterocycles. The lowest BCUT2D eigenvalue weighted by Gasteiger charge is -2.37. The Morgan fingerprint density at radius 1 is 1.47 bits per heavy atom. The molecule has 0 aliphatic carbocycles. The fourth-order valence-electron chi connectivity index (χ4n) is 2.44. The molecule has 0 aromatic heterocycles. The zero-order valence-corrected chi connectivity index (χ0v) is 10.8. The van der Waals surface area contributed by atoms with E-state index in [4.69, 9.17) is 4.74 Å². The quantitative estimate of drug-likeness (QED) is 0.731. The second-order valence-corrected chi connectivity index (χ2v) is 5.14. The van der Waals surface area contributed by atoms with Crippen LogP contribution in [0.15, 0.2) is 11.8 Å². The molecule has 0 radical (unpaired) electrons. The molecule has 1 atom stereocenters. The minimum atomic E-state index is 0.261. The van der Waals surface area contributed by atoms with Gasteiger partial charge in [-0.15, -0.1) is 0 Å². The Kier molecular flexibility index (Phi) is 4.18. The molecule has 2 aliphatic rings. The molecule has 0 saturated carbocycles. The predicted octanol–water partition coefficient (Wildman–Crippen LogP) is 0.886. The van der Waals surface area contributed by atoms with Gasteiger partial charge in [-0.2, -0.15) is 0 Å². The van der Waals surface area contributed by atoms with Crippen LogP contribution in [-0.4, -0.2) is 62.0 Å². The highest BCUT2D eigenvalue weighted by Crippen LogP contribution is 2.18. The largest absolute Gasteiger partial charge is 0.501 e. The molecule has 2 rings (SSSR count). The van der Waals surface area contributed by atoms with Gasteiger partial charge in [0.25, 0.3) is 0 Å². The molecule has 1 saturated heterocycles. The molecule has 0 aromatic carbocycles. The van der Waals surface area contributed by atoms with Crippen molar-refractivity contribution in [3.05, 3.63) is 11.8 Å². The molecule has 0 N–H and O–H groups in total. The van der Waals surface area contributed by atoms with E-state index in [0.29, 0.717) is 12.5 Å². The molecule has 0 spiro atoms. The third-order valence-electron chi connectivity index (χ3n) is 3.69. The summed E-state index contributed by atoms with van der Waals surface area (Å²) in [6.45, 7) is 3.87. The highest BCUT2D eigenvalue weighted by atomic mass is 16.5. The second-order valence-electron chi connectivity index (χ2n) is 5.14. The van der Waals surface area contributed by atoms with Crippen molar-refractivity contribution in [2.24, 2.45) is 0 Å². The van der Waals surface area contributed by atoms with E-state index in [0.717, 1.165) is 44.7 Å². The van der Waals surface area contributed by atoms with Crippen LogP contribution in [0.25, 0.3) is 0 Å². The van der Waals surface area contributed by atoms with E-state index in [9.17, 15) is 4.79 Å². The summed E-state index contributed by atoms with van der Waals surface area (Å²) < 4.78 is 5.23. The standard InChI is InChI=1S/C13H22N2O2/c1-14-5-6-15(2)12(9-14)8-13(16)11-4-3-7-17-10-11/h10,12H,3-9H2,1-2H3. The van der Waals surface area contributed by atoms with Crippen molar-refractivity contribution in [3.8, 4) is 0 Å². The number of ketones is 1. The fourth-order valence-corrected chi connectivity index (χ4v) is 2.44. The number of carbonyl (C=O) groups excluding carboxylic acids is 1. The molecule has 96 valence electrons. The number of ether oxygens (including phenoxy) is 1. The van der Waals surface area contributed by atoms with Gasteiger partial charge in [0, 0.05) is 37.7 Å². The van der Waals surface area contributed by atoms with E-state index >= 15 is 0 Å². The number of hydrogen-bond donors (Lipinski definition) is 0. The first kappa shape index (κ1) is 12.6. The van der Waals surface area contributed by atoms with Gasteiger partial charge in [-0.1, -0.05) is 0 Å². The smallest absolute Gasteiger partial charge is 0.163 e. The van der Waals surface area contributed by atoms with Gasteiger partial charge in [0.2, 0.25) is 0 Å². The van der Waals surface area contributed by atoms with Crippen LogP contribution in [0.4, 0.5) is 0 Å². The second kappa shape index (κ2) is 5.65. The summed E-state index contributed by atoms with van der Waals surface area (Å²) in [4.78, 5) is 16.7.